The molecule has 0 fully saturated rings. The SMILES string of the molecule is CC(=O)Nc1ccccc1-c1c(-c2ccccc2)sc2ccc(Cl)cc12. The minimum Gasteiger partial charge on any atom is -0.326 e. The van der Waals surface area contributed by atoms with Crippen molar-refractivity contribution in [1.29, 1.82) is 0 Å². The van der Waals surface area contributed by atoms with Crippen molar-refractivity contribution in [3.63, 3.8) is 0 Å². The first-order valence-corrected chi connectivity index (χ1v) is 9.47. The summed E-state index contributed by atoms with van der Waals surface area (Å²) < 4.78 is 1.17. The van der Waals surface area contributed by atoms with Crippen molar-refractivity contribution in [2.45, 2.75) is 6.92 Å². The molecule has 0 radical (unpaired) electrons. The zero-order valence-corrected chi connectivity index (χ0v) is 15.7. The van der Waals surface area contributed by atoms with Crippen LogP contribution in [0.4, 0.5) is 5.69 Å². The number of anilines is 1. The summed E-state index contributed by atoms with van der Waals surface area (Å²) in [5.74, 6) is -0.0868. The molecule has 128 valence electrons. The maximum atomic E-state index is 11.7. The minimum absolute atomic E-state index is 0.0868. The molecule has 3 aromatic carbocycles. The Kier molecular flexibility index (Phi) is 4.49. The zero-order chi connectivity index (χ0) is 18.1. The number of rotatable bonds is 3. The Hall–Kier alpha value is -2.62. The lowest BCUT2D eigenvalue weighted by molar-refractivity contribution is -0.114. The number of para-hydroxylation sites is 1. The number of hydrogen-bond acceptors (Lipinski definition) is 2. The van der Waals surface area contributed by atoms with Crippen molar-refractivity contribution < 1.29 is 4.79 Å². The van der Waals surface area contributed by atoms with Crippen LogP contribution in [0.3, 0.4) is 0 Å². The summed E-state index contributed by atoms with van der Waals surface area (Å²) in [7, 11) is 0. The van der Waals surface area contributed by atoms with E-state index in [-0.39, 0.29) is 5.91 Å². The van der Waals surface area contributed by atoms with Gasteiger partial charge in [0.25, 0.3) is 0 Å². The lowest BCUT2D eigenvalue weighted by Gasteiger charge is -2.12. The molecule has 0 aliphatic rings. The van der Waals surface area contributed by atoms with E-state index in [0.717, 1.165) is 27.8 Å². The number of hydrogen-bond donors (Lipinski definition) is 1. The molecule has 0 atom stereocenters. The van der Waals surface area contributed by atoms with Gasteiger partial charge in [-0.3, -0.25) is 4.79 Å². The summed E-state index contributed by atoms with van der Waals surface area (Å²) in [6.07, 6.45) is 0. The van der Waals surface area contributed by atoms with Crippen molar-refractivity contribution >= 4 is 44.6 Å². The summed E-state index contributed by atoms with van der Waals surface area (Å²) in [5, 5.41) is 4.75. The Morgan fingerprint density at radius 3 is 2.46 bits per heavy atom. The summed E-state index contributed by atoms with van der Waals surface area (Å²) in [5.41, 5.74) is 4.05. The van der Waals surface area contributed by atoms with Crippen LogP contribution in [0.1, 0.15) is 6.92 Å². The number of thiophene rings is 1. The molecule has 0 aliphatic heterocycles. The second-order valence-corrected chi connectivity index (χ2v) is 7.53. The molecule has 0 spiro atoms. The maximum absolute atomic E-state index is 11.7. The van der Waals surface area contributed by atoms with Gasteiger partial charge in [-0.05, 0) is 29.8 Å². The van der Waals surface area contributed by atoms with Crippen LogP contribution in [0.2, 0.25) is 5.02 Å². The molecule has 0 bridgehead atoms. The van der Waals surface area contributed by atoms with Crippen molar-refractivity contribution in [2.75, 3.05) is 5.32 Å². The predicted molar refractivity (Wildman–Crippen MR) is 112 cm³/mol. The average molecular weight is 378 g/mol. The molecule has 26 heavy (non-hydrogen) atoms. The van der Waals surface area contributed by atoms with Crippen LogP contribution in [-0.4, -0.2) is 5.91 Å². The molecular formula is C22H16ClNOS. The van der Waals surface area contributed by atoms with E-state index in [1.54, 1.807) is 11.3 Å². The highest BCUT2D eigenvalue weighted by Crippen LogP contribution is 2.47. The third-order valence-corrected chi connectivity index (χ3v) is 5.65. The number of fused-ring (bicyclic) bond motifs is 1. The molecule has 4 rings (SSSR count). The molecule has 1 aromatic heterocycles. The molecule has 0 saturated heterocycles. The number of carbonyl (C=O) groups is 1. The number of benzene rings is 3. The zero-order valence-electron chi connectivity index (χ0n) is 14.1. The van der Waals surface area contributed by atoms with Gasteiger partial charge in [0.2, 0.25) is 5.91 Å². The van der Waals surface area contributed by atoms with Crippen LogP contribution in [0.5, 0.6) is 0 Å². The molecule has 1 amide bonds. The van der Waals surface area contributed by atoms with E-state index in [0.29, 0.717) is 5.02 Å². The van der Waals surface area contributed by atoms with Gasteiger partial charge in [0, 0.05) is 43.7 Å². The average Bonchev–Trinajstić information content (AvgIpc) is 3.01. The maximum Gasteiger partial charge on any atom is 0.221 e. The van der Waals surface area contributed by atoms with Gasteiger partial charge < -0.3 is 5.32 Å². The predicted octanol–water partition coefficient (Wildman–Crippen LogP) is 6.85. The highest BCUT2D eigenvalue weighted by molar-refractivity contribution is 7.23. The molecule has 0 unspecified atom stereocenters. The topological polar surface area (TPSA) is 29.1 Å². The van der Waals surface area contributed by atoms with Crippen LogP contribution in [0, 0.1) is 0 Å². The van der Waals surface area contributed by atoms with E-state index in [4.69, 9.17) is 11.6 Å². The summed E-state index contributed by atoms with van der Waals surface area (Å²) >= 11 is 8.03. The highest BCUT2D eigenvalue weighted by atomic mass is 35.5. The lowest BCUT2D eigenvalue weighted by atomic mass is 9.97. The standard InChI is InChI=1S/C22H16ClNOS/c1-14(25)24-19-10-6-5-9-17(19)21-18-13-16(23)11-12-20(18)26-22(21)15-7-3-2-4-8-15/h2-13H,1H3,(H,24,25). The molecule has 1 N–H and O–H groups in total. The van der Waals surface area contributed by atoms with E-state index in [1.807, 2.05) is 54.6 Å². The summed E-state index contributed by atoms with van der Waals surface area (Å²) in [6, 6.07) is 24.2. The Morgan fingerprint density at radius 2 is 1.69 bits per heavy atom. The molecule has 4 aromatic rings. The Morgan fingerprint density at radius 1 is 0.962 bits per heavy atom. The number of carbonyl (C=O) groups excluding carboxylic acids is 1. The van der Waals surface area contributed by atoms with Crippen molar-refractivity contribution in [3.05, 3.63) is 77.8 Å². The lowest BCUT2D eigenvalue weighted by Crippen LogP contribution is -2.06. The van der Waals surface area contributed by atoms with E-state index < -0.39 is 0 Å². The quantitative estimate of drug-likeness (QED) is 0.415. The molecule has 4 heteroatoms. The number of nitrogens with one attached hydrogen (secondary N) is 1. The second-order valence-electron chi connectivity index (χ2n) is 6.04. The van der Waals surface area contributed by atoms with Crippen molar-refractivity contribution in [2.24, 2.45) is 0 Å². The van der Waals surface area contributed by atoms with Gasteiger partial charge in [-0.1, -0.05) is 60.1 Å². The van der Waals surface area contributed by atoms with Crippen molar-refractivity contribution in [1.82, 2.24) is 0 Å². The molecule has 2 nitrogen and oxygen atoms in total. The molecule has 0 aliphatic carbocycles. The highest BCUT2D eigenvalue weighted by Gasteiger charge is 2.18. The fourth-order valence-corrected chi connectivity index (χ4v) is 4.50. The normalized spacial score (nSPS) is 10.8. The summed E-state index contributed by atoms with van der Waals surface area (Å²) in [4.78, 5) is 12.8. The Labute approximate surface area is 161 Å². The van der Waals surface area contributed by atoms with Crippen molar-refractivity contribution in [3.8, 4) is 21.6 Å². The van der Waals surface area contributed by atoms with Gasteiger partial charge in [-0.2, -0.15) is 0 Å². The first-order valence-electron chi connectivity index (χ1n) is 8.28. The van der Waals surface area contributed by atoms with Crippen LogP contribution < -0.4 is 5.32 Å². The van der Waals surface area contributed by atoms with Crippen LogP contribution >= 0.6 is 22.9 Å². The fourth-order valence-electron chi connectivity index (χ4n) is 3.13. The Balaban J connectivity index is 2.05. The number of halogens is 1. The monoisotopic (exact) mass is 377 g/mol. The first kappa shape index (κ1) is 16.8. The van der Waals surface area contributed by atoms with E-state index in [9.17, 15) is 4.79 Å². The molecular weight excluding hydrogens is 362 g/mol. The third kappa shape index (κ3) is 3.12. The van der Waals surface area contributed by atoms with E-state index in [2.05, 4.69) is 23.5 Å². The van der Waals surface area contributed by atoms with Crippen LogP contribution in [0.25, 0.3) is 31.7 Å². The fraction of sp³-hybridized carbons (Fsp3) is 0.0455. The first-order chi connectivity index (χ1) is 12.6. The van der Waals surface area contributed by atoms with Gasteiger partial charge in [-0.25, -0.2) is 0 Å². The van der Waals surface area contributed by atoms with Gasteiger partial charge in [0.15, 0.2) is 0 Å². The smallest absolute Gasteiger partial charge is 0.221 e. The largest absolute Gasteiger partial charge is 0.326 e. The van der Waals surface area contributed by atoms with Gasteiger partial charge >= 0.3 is 0 Å². The summed E-state index contributed by atoms with van der Waals surface area (Å²) in [6.45, 7) is 1.53. The Bertz CT molecular complexity index is 1100. The second kappa shape index (κ2) is 6.94. The molecule has 1 heterocycles. The molecule has 0 saturated carbocycles. The minimum atomic E-state index is -0.0868. The van der Waals surface area contributed by atoms with E-state index in [1.165, 1.54) is 16.5 Å². The van der Waals surface area contributed by atoms with Gasteiger partial charge in [0.1, 0.15) is 0 Å². The van der Waals surface area contributed by atoms with Crippen LogP contribution in [0.15, 0.2) is 72.8 Å². The van der Waals surface area contributed by atoms with E-state index >= 15 is 0 Å². The van der Waals surface area contributed by atoms with Gasteiger partial charge in [-0.15, -0.1) is 11.3 Å². The van der Waals surface area contributed by atoms with Crippen LogP contribution in [-0.2, 0) is 4.79 Å². The third-order valence-electron chi connectivity index (χ3n) is 4.19. The number of amides is 1. The van der Waals surface area contributed by atoms with Gasteiger partial charge in [0.05, 0.1) is 0 Å².